The fourth-order valence-corrected chi connectivity index (χ4v) is 1.47. The minimum Gasteiger partial charge on any atom is -0.396 e. The molecule has 0 aliphatic heterocycles. The molecule has 0 radical (unpaired) electrons. The molecule has 0 bridgehead atoms. The average molecular weight is 203 g/mol. The van der Waals surface area contributed by atoms with Crippen molar-refractivity contribution in [3.8, 4) is 0 Å². The lowest BCUT2D eigenvalue weighted by atomic mass is 10.0. The van der Waals surface area contributed by atoms with Gasteiger partial charge in [-0.05, 0) is 31.7 Å². The Balaban J connectivity index is 3.41. The SMILES string of the molecule is COCCCCNC(CCO)C(C)C. The van der Waals surface area contributed by atoms with Crippen LogP contribution in [0.15, 0.2) is 0 Å². The topological polar surface area (TPSA) is 41.5 Å². The van der Waals surface area contributed by atoms with E-state index in [1.807, 2.05) is 0 Å². The van der Waals surface area contributed by atoms with E-state index in [9.17, 15) is 0 Å². The van der Waals surface area contributed by atoms with E-state index < -0.39 is 0 Å². The van der Waals surface area contributed by atoms with E-state index in [2.05, 4.69) is 19.2 Å². The maximum atomic E-state index is 8.87. The molecular weight excluding hydrogens is 178 g/mol. The molecule has 0 fully saturated rings. The standard InChI is InChI=1S/C11H25NO2/c1-10(2)11(6-8-13)12-7-4-5-9-14-3/h10-13H,4-9H2,1-3H3. The quantitative estimate of drug-likeness (QED) is 0.557. The summed E-state index contributed by atoms with van der Waals surface area (Å²) in [4.78, 5) is 0. The number of aliphatic hydroxyl groups excluding tert-OH is 1. The zero-order valence-corrected chi connectivity index (χ0v) is 9.75. The monoisotopic (exact) mass is 203 g/mol. The van der Waals surface area contributed by atoms with Crippen molar-refractivity contribution < 1.29 is 9.84 Å². The highest BCUT2D eigenvalue weighted by molar-refractivity contribution is 4.69. The molecule has 0 aromatic carbocycles. The van der Waals surface area contributed by atoms with Crippen molar-refractivity contribution in [2.75, 3.05) is 26.9 Å². The first kappa shape index (κ1) is 13.9. The smallest absolute Gasteiger partial charge is 0.0462 e. The van der Waals surface area contributed by atoms with Crippen LogP contribution in [0.1, 0.15) is 33.1 Å². The number of rotatable bonds is 9. The summed E-state index contributed by atoms with van der Waals surface area (Å²) in [6.07, 6.45) is 3.10. The van der Waals surface area contributed by atoms with Gasteiger partial charge < -0.3 is 15.2 Å². The van der Waals surface area contributed by atoms with Crippen LogP contribution in [-0.4, -0.2) is 38.0 Å². The lowest BCUT2D eigenvalue weighted by molar-refractivity contribution is 0.191. The Labute approximate surface area is 87.8 Å². The van der Waals surface area contributed by atoms with Gasteiger partial charge in [-0.1, -0.05) is 13.8 Å². The molecule has 1 atom stereocenters. The lowest BCUT2D eigenvalue weighted by Crippen LogP contribution is -2.35. The van der Waals surface area contributed by atoms with Crippen LogP contribution in [0.2, 0.25) is 0 Å². The van der Waals surface area contributed by atoms with Crippen molar-refractivity contribution >= 4 is 0 Å². The first-order valence-corrected chi connectivity index (χ1v) is 5.55. The van der Waals surface area contributed by atoms with Crippen LogP contribution in [0, 0.1) is 5.92 Å². The maximum Gasteiger partial charge on any atom is 0.0462 e. The number of hydrogen-bond acceptors (Lipinski definition) is 3. The molecule has 0 aliphatic carbocycles. The molecule has 0 saturated carbocycles. The molecule has 0 aromatic heterocycles. The number of ether oxygens (including phenoxy) is 1. The number of nitrogens with one attached hydrogen (secondary N) is 1. The molecule has 0 amide bonds. The van der Waals surface area contributed by atoms with Gasteiger partial charge >= 0.3 is 0 Å². The molecule has 0 aromatic rings. The summed E-state index contributed by atoms with van der Waals surface area (Å²) >= 11 is 0. The highest BCUT2D eigenvalue weighted by Gasteiger charge is 2.10. The van der Waals surface area contributed by atoms with Gasteiger partial charge in [-0.25, -0.2) is 0 Å². The molecule has 3 nitrogen and oxygen atoms in total. The second kappa shape index (κ2) is 9.44. The Morgan fingerprint density at radius 1 is 1.29 bits per heavy atom. The van der Waals surface area contributed by atoms with Crippen LogP contribution in [0.5, 0.6) is 0 Å². The Morgan fingerprint density at radius 2 is 2.00 bits per heavy atom. The summed E-state index contributed by atoms with van der Waals surface area (Å²) in [5.41, 5.74) is 0. The predicted octanol–water partition coefficient (Wildman–Crippen LogP) is 1.41. The summed E-state index contributed by atoms with van der Waals surface area (Å²) < 4.78 is 4.98. The van der Waals surface area contributed by atoms with E-state index >= 15 is 0 Å². The third kappa shape index (κ3) is 7.30. The Kier molecular flexibility index (Phi) is 9.35. The van der Waals surface area contributed by atoms with Gasteiger partial charge in [0.25, 0.3) is 0 Å². The van der Waals surface area contributed by atoms with Gasteiger partial charge in [0.2, 0.25) is 0 Å². The van der Waals surface area contributed by atoms with Crippen LogP contribution < -0.4 is 5.32 Å². The van der Waals surface area contributed by atoms with Crippen molar-refractivity contribution in [3.05, 3.63) is 0 Å². The second-order valence-electron chi connectivity index (χ2n) is 4.02. The summed E-state index contributed by atoms with van der Waals surface area (Å²) in [5.74, 6) is 0.588. The van der Waals surface area contributed by atoms with Gasteiger partial charge in [0.1, 0.15) is 0 Å². The highest BCUT2D eigenvalue weighted by Crippen LogP contribution is 2.05. The van der Waals surface area contributed by atoms with Crippen molar-refractivity contribution in [1.29, 1.82) is 0 Å². The molecule has 3 heteroatoms. The zero-order valence-electron chi connectivity index (χ0n) is 9.75. The molecule has 14 heavy (non-hydrogen) atoms. The van der Waals surface area contributed by atoms with Crippen molar-refractivity contribution in [2.24, 2.45) is 5.92 Å². The number of methoxy groups -OCH3 is 1. The third-order valence-corrected chi connectivity index (χ3v) is 2.43. The Hall–Kier alpha value is -0.120. The average Bonchev–Trinajstić information content (AvgIpc) is 2.15. The van der Waals surface area contributed by atoms with E-state index in [1.54, 1.807) is 7.11 Å². The third-order valence-electron chi connectivity index (χ3n) is 2.43. The Morgan fingerprint density at radius 3 is 2.50 bits per heavy atom. The Bertz CT molecular complexity index is 118. The number of unbranched alkanes of at least 4 members (excludes halogenated alkanes) is 1. The van der Waals surface area contributed by atoms with Crippen LogP contribution in [0.4, 0.5) is 0 Å². The second-order valence-corrected chi connectivity index (χ2v) is 4.02. The predicted molar refractivity (Wildman–Crippen MR) is 59.4 cm³/mol. The summed E-state index contributed by atoms with van der Waals surface area (Å²) in [5, 5.41) is 12.3. The van der Waals surface area contributed by atoms with Gasteiger partial charge in [-0.15, -0.1) is 0 Å². The minimum absolute atomic E-state index is 0.272. The molecule has 0 aliphatic rings. The number of aliphatic hydroxyl groups is 1. The fourth-order valence-electron chi connectivity index (χ4n) is 1.47. The zero-order chi connectivity index (χ0) is 10.8. The minimum atomic E-state index is 0.272. The first-order valence-electron chi connectivity index (χ1n) is 5.55. The summed E-state index contributed by atoms with van der Waals surface area (Å²) in [6.45, 7) is 6.50. The normalized spacial score (nSPS) is 13.5. The van der Waals surface area contributed by atoms with Crippen molar-refractivity contribution in [1.82, 2.24) is 5.32 Å². The van der Waals surface area contributed by atoms with E-state index in [-0.39, 0.29) is 6.61 Å². The molecule has 0 saturated heterocycles. The van der Waals surface area contributed by atoms with E-state index in [1.165, 1.54) is 0 Å². The molecule has 86 valence electrons. The number of hydrogen-bond donors (Lipinski definition) is 2. The van der Waals surface area contributed by atoms with E-state index in [0.717, 1.165) is 32.4 Å². The molecular formula is C11H25NO2. The molecule has 0 rings (SSSR count). The van der Waals surface area contributed by atoms with Crippen LogP contribution >= 0.6 is 0 Å². The van der Waals surface area contributed by atoms with Crippen molar-refractivity contribution in [2.45, 2.75) is 39.2 Å². The molecule has 0 spiro atoms. The largest absolute Gasteiger partial charge is 0.396 e. The van der Waals surface area contributed by atoms with Gasteiger partial charge in [0.15, 0.2) is 0 Å². The molecule has 2 N–H and O–H groups in total. The lowest BCUT2D eigenvalue weighted by Gasteiger charge is -2.21. The highest BCUT2D eigenvalue weighted by atomic mass is 16.5. The maximum absolute atomic E-state index is 8.87. The van der Waals surface area contributed by atoms with Gasteiger partial charge in [0, 0.05) is 26.4 Å². The molecule has 1 unspecified atom stereocenters. The van der Waals surface area contributed by atoms with E-state index in [0.29, 0.717) is 12.0 Å². The van der Waals surface area contributed by atoms with Crippen LogP contribution in [-0.2, 0) is 4.74 Å². The van der Waals surface area contributed by atoms with Crippen LogP contribution in [0.25, 0.3) is 0 Å². The summed E-state index contributed by atoms with van der Waals surface area (Å²) in [6, 6.07) is 0.447. The van der Waals surface area contributed by atoms with Gasteiger partial charge in [-0.2, -0.15) is 0 Å². The van der Waals surface area contributed by atoms with Crippen molar-refractivity contribution in [3.63, 3.8) is 0 Å². The first-order chi connectivity index (χ1) is 6.72. The molecule has 0 heterocycles. The summed E-state index contributed by atoms with van der Waals surface area (Å²) in [7, 11) is 1.73. The fraction of sp³-hybridized carbons (Fsp3) is 1.00. The van der Waals surface area contributed by atoms with E-state index in [4.69, 9.17) is 9.84 Å². The van der Waals surface area contributed by atoms with Crippen LogP contribution in [0.3, 0.4) is 0 Å². The van der Waals surface area contributed by atoms with Gasteiger partial charge in [0.05, 0.1) is 0 Å². The van der Waals surface area contributed by atoms with Gasteiger partial charge in [-0.3, -0.25) is 0 Å².